The Morgan fingerprint density at radius 3 is 3.11 bits per heavy atom. The van der Waals surface area contributed by atoms with Crippen molar-refractivity contribution in [1.29, 1.82) is 0 Å². The number of amides is 1. The van der Waals surface area contributed by atoms with Gasteiger partial charge in [0.15, 0.2) is 5.65 Å². The topological polar surface area (TPSA) is 98.7 Å². The van der Waals surface area contributed by atoms with E-state index in [4.69, 9.17) is 4.52 Å². The molecule has 4 aromatic rings. The first kappa shape index (κ1) is 17.3. The van der Waals surface area contributed by atoms with Gasteiger partial charge in [-0.25, -0.2) is 4.98 Å². The summed E-state index contributed by atoms with van der Waals surface area (Å²) in [5.41, 5.74) is 2.35. The van der Waals surface area contributed by atoms with Gasteiger partial charge >= 0.3 is 0 Å². The van der Waals surface area contributed by atoms with Crippen LogP contribution in [0.3, 0.4) is 0 Å². The second kappa shape index (κ2) is 7.28. The average Bonchev–Trinajstić information content (AvgIpc) is 3.37. The van der Waals surface area contributed by atoms with Crippen LogP contribution in [0.25, 0.3) is 21.7 Å². The lowest BCUT2D eigenvalue weighted by Gasteiger charge is -2.04. The van der Waals surface area contributed by atoms with E-state index < -0.39 is 0 Å². The van der Waals surface area contributed by atoms with Gasteiger partial charge < -0.3 is 9.84 Å². The summed E-state index contributed by atoms with van der Waals surface area (Å²) in [4.78, 5) is 21.9. The number of carbonyl (C=O) groups excluding carboxylic acids is 1. The fourth-order valence-electron chi connectivity index (χ4n) is 2.86. The van der Waals surface area contributed by atoms with Crippen molar-refractivity contribution in [3.63, 3.8) is 0 Å². The van der Waals surface area contributed by atoms with Crippen LogP contribution in [0.2, 0.25) is 0 Å². The zero-order valence-electron chi connectivity index (χ0n) is 15.0. The van der Waals surface area contributed by atoms with Crippen molar-refractivity contribution < 1.29 is 9.32 Å². The molecule has 0 unspecified atom stereocenters. The molecule has 138 valence electrons. The summed E-state index contributed by atoms with van der Waals surface area (Å²) >= 11 is 1.56. The van der Waals surface area contributed by atoms with Crippen LogP contribution in [0.15, 0.2) is 34.3 Å². The van der Waals surface area contributed by atoms with Crippen molar-refractivity contribution in [2.45, 2.75) is 26.2 Å². The number of aryl methyl sites for hydroxylation is 3. The lowest BCUT2D eigenvalue weighted by Crippen LogP contribution is -2.11. The Kier molecular flexibility index (Phi) is 4.68. The highest BCUT2D eigenvalue weighted by Crippen LogP contribution is 2.22. The molecule has 1 N–H and O–H groups in total. The smallest absolute Gasteiger partial charge is 0.226 e. The molecule has 0 aliphatic rings. The molecule has 0 atom stereocenters. The van der Waals surface area contributed by atoms with Crippen LogP contribution in [0.1, 0.15) is 24.4 Å². The number of aromatic nitrogens is 5. The summed E-state index contributed by atoms with van der Waals surface area (Å²) in [5.74, 6) is 1.06. The molecule has 0 saturated carbocycles. The van der Waals surface area contributed by atoms with E-state index in [-0.39, 0.29) is 5.91 Å². The molecule has 9 heteroatoms. The maximum absolute atomic E-state index is 12.2. The lowest BCUT2D eigenvalue weighted by molar-refractivity contribution is -0.116. The molecule has 0 radical (unpaired) electrons. The van der Waals surface area contributed by atoms with Crippen LogP contribution in [0, 0.1) is 6.92 Å². The standard InChI is InChI=1S/C18H18N6O2S/c1-11-13-9-12(10-19-18(13)24(2)22-11)20-15(25)6-3-7-16-21-17(23-26-16)14-5-4-8-27-14/h4-5,8-10H,3,6-7H2,1-2H3,(H,20,25). The van der Waals surface area contributed by atoms with Gasteiger partial charge in [-0.15, -0.1) is 11.3 Å². The van der Waals surface area contributed by atoms with Gasteiger partial charge in [0.2, 0.25) is 17.6 Å². The number of fused-ring (bicyclic) bond motifs is 1. The number of hydrogen-bond acceptors (Lipinski definition) is 7. The number of hydrogen-bond donors (Lipinski definition) is 1. The van der Waals surface area contributed by atoms with E-state index in [0.29, 0.717) is 36.7 Å². The second-order valence-corrected chi connectivity index (χ2v) is 7.14. The quantitative estimate of drug-likeness (QED) is 0.549. The third-order valence-corrected chi connectivity index (χ3v) is 5.02. The van der Waals surface area contributed by atoms with Gasteiger partial charge in [-0.05, 0) is 30.9 Å². The number of pyridine rings is 1. The van der Waals surface area contributed by atoms with Gasteiger partial charge in [-0.2, -0.15) is 10.1 Å². The molecule has 0 aliphatic heterocycles. The van der Waals surface area contributed by atoms with Crippen LogP contribution >= 0.6 is 11.3 Å². The molecule has 4 rings (SSSR count). The van der Waals surface area contributed by atoms with Gasteiger partial charge in [0.25, 0.3) is 0 Å². The number of rotatable bonds is 6. The Morgan fingerprint density at radius 1 is 1.41 bits per heavy atom. The first-order valence-electron chi connectivity index (χ1n) is 8.56. The van der Waals surface area contributed by atoms with Crippen molar-refractivity contribution >= 4 is 34.0 Å². The van der Waals surface area contributed by atoms with Gasteiger partial charge in [0.1, 0.15) is 0 Å². The molecule has 8 nitrogen and oxygen atoms in total. The number of nitrogens with one attached hydrogen (secondary N) is 1. The van der Waals surface area contributed by atoms with Gasteiger partial charge in [0, 0.05) is 25.3 Å². The van der Waals surface area contributed by atoms with Crippen LogP contribution in [-0.2, 0) is 18.3 Å². The van der Waals surface area contributed by atoms with Crippen LogP contribution in [-0.4, -0.2) is 30.8 Å². The second-order valence-electron chi connectivity index (χ2n) is 6.19. The SMILES string of the molecule is Cc1nn(C)c2ncc(NC(=O)CCCc3nc(-c4cccs4)no3)cc12. The molecule has 0 fully saturated rings. The Hall–Kier alpha value is -3.07. The van der Waals surface area contributed by atoms with Gasteiger partial charge in [-0.3, -0.25) is 9.48 Å². The van der Waals surface area contributed by atoms with Crippen molar-refractivity contribution in [2.24, 2.45) is 7.05 Å². The first-order valence-corrected chi connectivity index (χ1v) is 9.44. The summed E-state index contributed by atoms with van der Waals surface area (Å²) in [6, 6.07) is 5.79. The Morgan fingerprint density at radius 2 is 2.30 bits per heavy atom. The van der Waals surface area contributed by atoms with Crippen LogP contribution in [0.4, 0.5) is 5.69 Å². The minimum Gasteiger partial charge on any atom is -0.339 e. The van der Waals surface area contributed by atoms with E-state index in [2.05, 4.69) is 25.5 Å². The Labute approximate surface area is 159 Å². The zero-order chi connectivity index (χ0) is 18.8. The van der Waals surface area contributed by atoms with E-state index in [0.717, 1.165) is 21.6 Å². The molecular formula is C18H18N6O2S. The van der Waals surface area contributed by atoms with E-state index in [1.165, 1.54) is 0 Å². The fraction of sp³-hybridized carbons (Fsp3) is 0.278. The third-order valence-electron chi connectivity index (χ3n) is 4.15. The molecule has 0 aromatic carbocycles. The largest absolute Gasteiger partial charge is 0.339 e. The Balaban J connectivity index is 1.32. The highest BCUT2D eigenvalue weighted by Gasteiger charge is 2.11. The monoisotopic (exact) mass is 382 g/mol. The maximum atomic E-state index is 12.2. The summed E-state index contributed by atoms with van der Waals surface area (Å²) in [7, 11) is 1.85. The molecule has 0 spiro atoms. The molecule has 4 aromatic heterocycles. The molecule has 27 heavy (non-hydrogen) atoms. The fourth-order valence-corrected chi connectivity index (χ4v) is 3.51. The van der Waals surface area contributed by atoms with E-state index in [1.807, 2.05) is 37.6 Å². The summed E-state index contributed by atoms with van der Waals surface area (Å²) in [5, 5.41) is 14.1. The van der Waals surface area contributed by atoms with Gasteiger partial charge in [-0.1, -0.05) is 11.2 Å². The van der Waals surface area contributed by atoms with Crippen molar-refractivity contribution in [1.82, 2.24) is 24.9 Å². The highest BCUT2D eigenvalue weighted by atomic mass is 32.1. The highest BCUT2D eigenvalue weighted by molar-refractivity contribution is 7.13. The van der Waals surface area contributed by atoms with Crippen LogP contribution in [0.5, 0.6) is 0 Å². The summed E-state index contributed by atoms with van der Waals surface area (Å²) < 4.78 is 6.97. The van der Waals surface area contributed by atoms with E-state index >= 15 is 0 Å². The summed E-state index contributed by atoms with van der Waals surface area (Å²) in [6.45, 7) is 1.92. The predicted molar refractivity (Wildman–Crippen MR) is 102 cm³/mol. The van der Waals surface area contributed by atoms with Crippen molar-refractivity contribution in [2.75, 3.05) is 5.32 Å². The number of carbonyl (C=O) groups is 1. The van der Waals surface area contributed by atoms with Gasteiger partial charge in [0.05, 0.1) is 22.5 Å². The van der Waals surface area contributed by atoms with E-state index in [9.17, 15) is 4.79 Å². The molecule has 0 saturated heterocycles. The molecule has 0 aliphatic carbocycles. The summed E-state index contributed by atoms with van der Waals surface area (Å²) in [6.07, 6.45) is 3.19. The predicted octanol–water partition coefficient (Wildman–Crippen LogP) is 3.35. The number of anilines is 1. The average molecular weight is 382 g/mol. The molecule has 1 amide bonds. The zero-order valence-corrected chi connectivity index (χ0v) is 15.8. The van der Waals surface area contributed by atoms with Crippen molar-refractivity contribution in [3.05, 3.63) is 41.4 Å². The van der Waals surface area contributed by atoms with E-state index in [1.54, 1.807) is 22.2 Å². The molecule has 0 bridgehead atoms. The third kappa shape index (κ3) is 3.72. The first-order chi connectivity index (χ1) is 13.1. The van der Waals surface area contributed by atoms with Crippen molar-refractivity contribution in [3.8, 4) is 10.7 Å². The lowest BCUT2D eigenvalue weighted by atomic mass is 10.2. The molecule has 4 heterocycles. The number of nitrogens with zero attached hydrogens (tertiary/aromatic N) is 5. The minimum atomic E-state index is -0.0734. The minimum absolute atomic E-state index is 0.0734. The molecular weight excluding hydrogens is 364 g/mol. The normalized spacial score (nSPS) is 11.2. The maximum Gasteiger partial charge on any atom is 0.226 e. The Bertz CT molecular complexity index is 1080. The van der Waals surface area contributed by atoms with Crippen LogP contribution < -0.4 is 5.32 Å². The number of thiophene rings is 1.